The predicted molar refractivity (Wildman–Crippen MR) is 206 cm³/mol. The van der Waals surface area contributed by atoms with Crippen molar-refractivity contribution in [1.29, 1.82) is 0 Å². The molecule has 6 aromatic carbocycles. The number of anilines is 3. The molecular formula is C44H34N4PtSi. The molecular weight excluding hydrogens is 808 g/mol. The molecule has 0 amide bonds. The summed E-state index contributed by atoms with van der Waals surface area (Å²) in [6.45, 7) is 0.00258. The van der Waals surface area contributed by atoms with Gasteiger partial charge in [0.2, 0.25) is 0 Å². The summed E-state index contributed by atoms with van der Waals surface area (Å²) < 4.78 is 27.2. The van der Waals surface area contributed by atoms with Crippen molar-refractivity contribution in [2.45, 2.75) is 6.92 Å². The molecule has 1 aliphatic heterocycles. The monoisotopic (exact) mass is 844 g/mol. The topological polar surface area (TPSA) is 24.3 Å². The molecule has 0 atom stereocenters. The van der Waals surface area contributed by atoms with Crippen molar-refractivity contribution >= 4 is 67.7 Å². The van der Waals surface area contributed by atoms with Gasteiger partial charge in [0.1, 0.15) is 13.9 Å². The Kier molecular flexibility index (Phi) is 7.38. The summed E-state index contributed by atoms with van der Waals surface area (Å²) >= 11 is 0. The first-order valence-corrected chi connectivity index (χ1v) is 18.5. The number of aromatic nitrogens is 2. The zero-order valence-corrected chi connectivity index (χ0v) is 30.6. The second-order valence-electron chi connectivity index (χ2n) is 12.6. The molecule has 0 N–H and O–H groups in total. The molecule has 0 fully saturated rings. The first kappa shape index (κ1) is 28.6. The van der Waals surface area contributed by atoms with Gasteiger partial charge in [-0.2, -0.15) is 46.8 Å². The average Bonchev–Trinajstić information content (AvgIpc) is 3.73. The molecule has 8 aromatic rings. The Balaban J connectivity index is 0.00000400. The van der Waals surface area contributed by atoms with Gasteiger partial charge in [-0.1, -0.05) is 102 Å². The second kappa shape index (κ2) is 12.9. The van der Waals surface area contributed by atoms with Crippen molar-refractivity contribution in [3.8, 4) is 5.82 Å². The van der Waals surface area contributed by atoms with Crippen LogP contribution in [-0.4, -0.2) is 31.3 Å². The van der Waals surface area contributed by atoms with Crippen LogP contribution in [0.3, 0.4) is 0 Å². The quantitative estimate of drug-likeness (QED) is 0.102. The maximum absolute atomic E-state index is 8.31. The molecule has 0 spiro atoms. The summed E-state index contributed by atoms with van der Waals surface area (Å²) in [5.41, 5.74) is 5.54. The molecule has 50 heavy (non-hydrogen) atoms. The molecule has 0 bridgehead atoms. The van der Waals surface area contributed by atoms with E-state index in [0.29, 0.717) is 5.69 Å². The van der Waals surface area contributed by atoms with Gasteiger partial charge in [0.05, 0.1) is 18.0 Å². The number of pyridine rings is 1. The van der Waals surface area contributed by atoms with E-state index in [9.17, 15) is 0 Å². The van der Waals surface area contributed by atoms with Crippen LogP contribution >= 0.6 is 0 Å². The molecule has 2 aromatic heterocycles. The van der Waals surface area contributed by atoms with Crippen LogP contribution in [0.4, 0.5) is 17.1 Å². The fourth-order valence-corrected chi connectivity index (χ4v) is 12.1. The maximum Gasteiger partial charge on any atom is 2.00 e. The van der Waals surface area contributed by atoms with Crippen LogP contribution < -0.4 is 30.5 Å². The third kappa shape index (κ3) is 5.03. The molecule has 0 saturated carbocycles. The molecule has 4 nitrogen and oxygen atoms in total. The van der Waals surface area contributed by atoms with E-state index >= 15 is 0 Å². The van der Waals surface area contributed by atoms with Crippen LogP contribution in [0.5, 0.6) is 0 Å². The molecule has 0 saturated heterocycles. The summed E-state index contributed by atoms with van der Waals surface area (Å²) in [6, 6.07) is 60.6. The van der Waals surface area contributed by atoms with E-state index < -0.39 is 15.0 Å². The normalized spacial score (nSPS) is 13.8. The Hall–Kier alpha value is -5.22. The van der Waals surface area contributed by atoms with Crippen molar-refractivity contribution in [2.75, 3.05) is 23.4 Å². The van der Waals surface area contributed by atoms with Crippen molar-refractivity contribution in [3.63, 3.8) is 0 Å². The van der Waals surface area contributed by atoms with Crippen LogP contribution in [0.1, 0.15) is 9.68 Å². The van der Waals surface area contributed by atoms with Crippen LogP contribution in [0.2, 0.25) is 0 Å². The predicted octanol–water partition coefficient (Wildman–Crippen LogP) is 7.01. The van der Waals surface area contributed by atoms with E-state index in [2.05, 4.69) is 144 Å². The van der Waals surface area contributed by atoms with E-state index in [-0.39, 0.29) is 27.7 Å². The zero-order chi connectivity index (χ0) is 35.5. The molecule has 0 unspecified atom stereocenters. The molecule has 0 radical (unpaired) electrons. The number of aryl methyl sites for hydroxylation is 1. The van der Waals surface area contributed by atoms with Crippen molar-refractivity contribution in [1.82, 2.24) is 9.55 Å². The fourth-order valence-electron chi connectivity index (χ4n) is 7.56. The van der Waals surface area contributed by atoms with Crippen molar-refractivity contribution in [2.24, 2.45) is 0 Å². The number of para-hydroxylation sites is 3. The van der Waals surface area contributed by atoms with Gasteiger partial charge in [-0.05, 0) is 58.6 Å². The van der Waals surface area contributed by atoms with Gasteiger partial charge in [0.25, 0.3) is 0 Å². The van der Waals surface area contributed by atoms with E-state index in [1.807, 2.05) is 42.6 Å². The van der Waals surface area contributed by atoms with Gasteiger partial charge >= 0.3 is 21.1 Å². The van der Waals surface area contributed by atoms with Crippen LogP contribution in [-0.2, 0) is 21.1 Å². The first-order chi connectivity index (χ1) is 25.3. The van der Waals surface area contributed by atoms with Crippen LogP contribution in [0.15, 0.2) is 158 Å². The van der Waals surface area contributed by atoms with E-state index in [1.54, 1.807) is 0 Å². The second-order valence-corrected chi connectivity index (χ2v) is 16.3. The summed E-state index contributed by atoms with van der Waals surface area (Å²) in [6.07, 6.45) is 1.87. The standard InChI is InChI=1S/C44H34N4Si.Pt/c1-32-26-27-45-44(28-32)48-40-21-10-9-20-38(40)39-25-24-37(30-43(39)48)49(34-15-5-3-6-16-34,35-17-7-4-8-18-35)36-19-13-14-33(29-36)47-31-46(2)41-22-11-12-23-42(41)47;/h3-28H,31H2,1-2H3;/q-2;+2/i2D3;. The van der Waals surface area contributed by atoms with Crippen molar-refractivity contribution in [3.05, 3.63) is 176 Å². The third-order valence-electron chi connectivity index (χ3n) is 9.75. The average molecular weight is 845 g/mol. The summed E-state index contributed by atoms with van der Waals surface area (Å²) in [4.78, 5) is 8.40. The molecule has 244 valence electrons. The number of hydrogen-bond donors (Lipinski definition) is 0. The number of hydrogen-bond acceptors (Lipinski definition) is 3. The number of rotatable bonds is 6. The van der Waals surface area contributed by atoms with Gasteiger partial charge in [0, 0.05) is 22.8 Å². The minimum Gasteiger partial charge on any atom is -0.355 e. The van der Waals surface area contributed by atoms with Crippen LogP contribution in [0, 0.1) is 19.1 Å². The molecule has 1 aliphatic rings. The van der Waals surface area contributed by atoms with E-state index in [0.717, 1.165) is 54.9 Å². The van der Waals surface area contributed by atoms with Crippen LogP contribution in [0.25, 0.3) is 27.6 Å². The Morgan fingerprint density at radius 1 is 0.660 bits per heavy atom. The summed E-state index contributed by atoms with van der Waals surface area (Å²) in [5, 5.41) is 6.81. The van der Waals surface area contributed by atoms with Gasteiger partial charge < -0.3 is 14.4 Å². The number of benzene rings is 6. The Labute approximate surface area is 312 Å². The van der Waals surface area contributed by atoms with Crippen molar-refractivity contribution < 1.29 is 25.2 Å². The van der Waals surface area contributed by atoms with E-state index in [4.69, 9.17) is 9.10 Å². The SMILES string of the molecule is [2H]C([2H])([2H])N1CN(c2[c-]c([Si](c3[c-]c4c(cc3)c3ccccc3n4-c3cc(C)ccn3)(c3ccccc3)c3ccccc3)ccc2)c2ccccc21.[Pt+2]. The minimum absolute atomic E-state index is 0. The molecule has 6 heteroatoms. The Morgan fingerprint density at radius 2 is 1.34 bits per heavy atom. The number of nitrogens with zero attached hydrogens (tertiary/aromatic N) is 4. The fraction of sp³-hybridized carbons (Fsp3) is 0.0682. The Bertz CT molecular complexity index is 2550. The Morgan fingerprint density at radius 3 is 2.08 bits per heavy atom. The van der Waals surface area contributed by atoms with E-state index in [1.165, 1.54) is 15.3 Å². The third-order valence-corrected chi connectivity index (χ3v) is 14.4. The largest absolute Gasteiger partial charge is 2.00 e. The smallest absolute Gasteiger partial charge is 0.355 e. The van der Waals surface area contributed by atoms with Gasteiger partial charge in [-0.25, -0.2) is 4.98 Å². The minimum atomic E-state index is -3.12. The maximum atomic E-state index is 8.31. The van der Waals surface area contributed by atoms with Gasteiger partial charge in [0.15, 0.2) is 0 Å². The van der Waals surface area contributed by atoms with Gasteiger partial charge in [-0.3, -0.25) is 0 Å². The molecule has 0 aliphatic carbocycles. The summed E-state index contributed by atoms with van der Waals surface area (Å²) in [7, 11) is -3.12. The van der Waals surface area contributed by atoms with Gasteiger partial charge in [-0.15, -0.1) is 11.5 Å². The first-order valence-electron chi connectivity index (χ1n) is 18.0. The number of fused-ring (bicyclic) bond motifs is 4. The molecule has 9 rings (SSSR count). The molecule has 3 heterocycles. The summed E-state index contributed by atoms with van der Waals surface area (Å²) in [5.74, 6) is 0.853. The zero-order valence-electron chi connectivity index (χ0n) is 30.3.